The van der Waals surface area contributed by atoms with Crippen LogP contribution in [0.25, 0.3) is 111 Å². The van der Waals surface area contributed by atoms with Crippen LogP contribution in [0, 0.1) is 5.82 Å². The second kappa shape index (κ2) is 12.6. The van der Waals surface area contributed by atoms with Gasteiger partial charge in [-0.05, 0) is 30.3 Å². The highest BCUT2D eigenvalue weighted by Gasteiger charge is 2.33. The molecule has 4 aromatic heterocycles. The number of hydrogen-bond acceptors (Lipinski definition) is 4. The van der Waals surface area contributed by atoms with E-state index in [1.807, 2.05) is 121 Å². The lowest BCUT2D eigenvalue weighted by atomic mass is 10.0. The van der Waals surface area contributed by atoms with Crippen LogP contribution in [0.15, 0.2) is 186 Å². The Bertz CT molecular complexity index is 3420. The van der Waals surface area contributed by atoms with Crippen molar-refractivity contribution in [2.75, 3.05) is 0 Å². The highest BCUT2D eigenvalue weighted by Crippen LogP contribution is 2.48. The molecule has 0 radical (unpaired) electrons. The third-order valence-corrected chi connectivity index (χ3v) is 11.2. The van der Waals surface area contributed by atoms with Crippen molar-refractivity contribution in [2.45, 2.75) is 0 Å². The summed E-state index contributed by atoms with van der Waals surface area (Å²) in [5, 5.41) is 5.22. The first-order valence-corrected chi connectivity index (χ1v) is 19.2. The van der Waals surface area contributed by atoms with E-state index in [0.29, 0.717) is 45.0 Å². The summed E-state index contributed by atoms with van der Waals surface area (Å²) in [6.07, 6.45) is 0. The summed E-state index contributed by atoms with van der Waals surface area (Å²) in [5.41, 5.74) is 7.77. The molecule has 12 rings (SSSR count). The predicted octanol–water partition coefficient (Wildman–Crippen LogP) is 13.1. The first-order chi connectivity index (χ1) is 28.7. The summed E-state index contributed by atoms with van der Waals surface area (Å²) in [6.45, 7) is 0. The van der Waals surface area contributed by atoms with Gasteiger partial charge in [-0.1, -0.05) is 152 Å². The molecule has 12 aromatic rings. The molecule has 7 heteroatoms. The maximum atomic E-state index is 18.7. The molecule has 0 aliphatic rings. The number of hydrogen-bond donors (Lipinski definition) is 0. The van der Waals surface area contributed by atoms with Crippen molar-refractivity contribution in [2.24, 2.45) is 0 Å². The van der Waals surface area contributed by atoms with E-state index in [4.69, 9.17) is 19.4 Å². The van der Waals surface area contributed by atoms with Crippen LogP contribution < -0.4 is 0 Å². The van der Waals surface area contributed by atoms with Crippen molar-refractivity contribution in [1.29, 1.82) is 0 Å². The van der Waals surface area contributed by atoms with E-state index >= 15 is 4.39 Å². The van der Waals surface area contributed by atoms with Crippen molar-refractivity contribution in [1.82, 2.24) is 24.1 Å². The average Bonchev–Trinajstić information content (AvgIpc) is 3.95. The van der Waals surface area contributed by atoms with Gasteiger partial charge in [0.1, 0.15) is 17.1 Å². The summed E-state index contributed by atoms with van der Waals surface area (Å²) in [7, 11) is 0. The third-order valence-electron chi connectivity index (χ3n) is 11.2. The molecule has 0 aliphatic heterocycles. The van der Waals surface area contributed by atoms with Gasteiger partial charge in [0.05, 0.1) is 38.7 Å². The molecule has 0 bridgehead atoms. The van der Waals surface area contributed by atoms with Crippen molar-refractivity contribution in [3.8, 4) is 45.5 Å². The lowest BCUT2D eigenvalue weighted by molar-refractivity contribution is 0.633. The number of rotatable bonds is 5. The second-order valence-corrected chi connectivity index (χ2v) is 14.5. The summed E-state index contributed by atoms with van der Waals surface area (Å²) in [5.74, 6) is 0.599. The maximum absolute atomic E-state index is 18.7. The number of nitrogens with zero attached hydrogens (tertiary/aromatic N) is 5. The Labute approximate surface area is 330 Å². The molecule has 4 heterocycles. The Hall–Kier alpha value is -7.90. The van der Waals surface area contributed by atoms with Gasteiger partial charge in [0.15, 0.2) is 23.1 Å². The molecule has 272 valence electrons. The van der Waals surface area contributed by atoms with Gasteiger partial charge in [0.2, 0.25) is 0 Å². The zero-order valence-corrected chi connectivity index (χ0v) is 30.8. The van der Waals surface area contributed by atoms with Gasteiger partial charge in [-0.3, -0.25) is 0 Å². The van der Waals surface area contributed by atoms with E-state index in [1.165, 1.54) is 0 Å². The zero-order chi connectivity index (χ0) is 38.3. The van der Waals surface area contributed by atoms with Crippen molar-refractivity contribution >= 4 is 65.6 Å². The molecule has 8 aromatic carbocycles. The number of para-hydroxylation sites is 5. The lowest BCUT2D eigenvalue weighted by Crippen LogP contribution is -2.10. The Kier molecular flexibility index (Phi) is 7.01. The fourth-order valence-corrected chi connectivity index (χ4v) is 8.76. The maximum Gasteiger partial charge on any atom is 0.169 e. The van der Waals surface area contributed by atoms with E-state index in [2.05, 4.69) is 69.8 Å². The van der Waals surface area contributed by atoms with E-state index in [-0.39, 0.29) is 11.4 Å². The minimum absolute atomic E-state index is 0.205. The number of aromatic nitrogens is 5. The van der Waals surface area contributed by atoms with Gasteiger partial charge in [-0.25, -0.2) is 19.3 Å². The fourth-order valence-electron chi connectivity index (χ4n) is 8.76. The zero-order valence-electron chi connectivity index (χ0n) is 30.8. The SMILES string of the molecule is Fc1c(-c2nc(-c3ccccc3)nc(-c3ccccc3)n2)c(-n2c3ccccc3c3ccccc32)c(-n2c3ccccc3c3ccccc32)c2oc3ccccc3c12. The quantitative estimate of drug-likeness (QED) is 0.176. The van der Waals surface area contributed by atoms with E-state index in [9.17, 15) is 0 Å². The molecule has 0 aliphatic carbocycles. The molecule has 0 unspecified atom stereocenters. The molecule has 0 saturated heterocycles. The fraction of sp³-hybridized carbons (Fsp3) is 0. The van der Waals surface area contributed by atoms with Crippen LogP contribution in [0.1, 0.15) is 0 Å². The van der Waals surface area contributed by atoms with Crippen LogP contribution in [0.3, 0.4) is 0 Å². The molecule has 0 atom stereocenters. The van der Waals surface area contributed by atoms with Crippen LogP contribution in [0.4, 0.5) is 4.39 Å². The minimum Gasteiger partial charge on any atom is -0.454 e. The summed E-state index contributed by atoms with van der Waals surface area (Å²) in [4.78, 5) is 15.4. The van der Waals surface area contributed by atoms with Gasteiger partial charge in [-0.15, -0.1) is 0 Å². The lowest BCUT2D eigenvalue weighted by Gasteiger charge is -2.21. The van der Waals surface area contributed by atoms with Crippen LogP contribution in [0.5, 0.6) is 0 Å². The summed E-state index contributed by atoms with van der Waals surface area (Å²) in [6, 6.07) is 60.5. The number of benzene rings is 8. The normalized spacial score (nSPS) is 11.9. The topological polar surface area (TPSA) is 61.7 Å². The predicted molar refractivity (Wildman–Crippen MR) is 232 cm³/mol. The number of furan rings is 1. The molecule has 6 nitrogen and oxygen atoms in total. The monoisotopic (exact) mass is 747 g/mol. The smallest absolute Gasteiger partial charge is 0.169 e. The van der Waals surface area contributed by atoms with Crippen molar-refractivity contribution in [3.05, 3.63) is 188 Å². The van der Waals surface area contributed by atoms with Crippen LogP contribution in [-0.4, -0.2) is 24.1 Å². The van der Waals surface area contributed by atoms with E-state index in [0.717, 1.165) is 54.7 Å². The van der Waals surface area contributed by atoms with Gasteiger partial charge in [0, 0.05) is 38.1 Å². The first-order valence-electron chi connectivity index (χ1n) is 19.2. The number of fused-ring (bicyclic) bond motifs is 9. The Morgan fingerprint density at radius 3 is 1.24 bits per heavy atom. The average molecular weight is 748 g/mol. The van der Waals surface area contributed by atoms with Crippen LogP contribution >= 0.6 is 0 Å². The highest BCUT2D eigenvalue weighted by atomic mass is 19.1. The highest BCUT2D eigenvalue weighted by molar-refractivity contribution is 6.17. The van der Waals surface area contributed by atoms with Gasteiger partial charge in [0.25, 0.3) is 0 Å². The Morgan fingerprint density at radius 2 is 0.759 bits per heavy atom. The molecule has 0 saturated carbocycles. The van der Waals surface area contributed by atoms with Crippen molar-refractivity contribution in [3.63, 3.8) is 0 Å². The van der Waals surface area contributed by atoms with Crippen LogP contribution in [-0.2, 0) is 0 Å². The minimum atomic E-state index is -0.481. The molecule has 58 heavy (non-hydrogen) atoms. The molecule has 0 spiro atoms. The van der Waals surface area contributed by atoms with E-state index in [1.54, 1.807) is 0 Å². The Balaban J connectivity index is 1.36. The standard InChI is InChI=1S/C51H30FN5O/c52-45-43-37-25-11-16-30-42(37)58-48(43)47(57-40-28-14-9-23-35(40)36-24-10-15-29-41(36)57)46(56-38-26-12-7-21-33(38)34-22-8-13-27-39(34)56)44(45)51-54-49(31-17-3-1-4-18-31)53-50(55-51)32-19-5-2-6-20-32/h1-30H. The Morgan fingerprint density at radius 1 is 0.379 bits per heavy atom. The third kappa shape index (κ3) is 4.67. The first kappa shape index (κ1) is 32.4. The largest absolute Gasteiger partial charge is 0.454 e. The number of halogens is 1. The second-order valence-electron chi connectivity index (χ2n) is 14.5. The van der Waals surface area contributed by atoms with Gasteiger partial charge >= 0.3 is 0 Å². The molecular weight excluding hydrogens is 718 g/mol. The molecular formula is C51H30FN5O. The molecule has 0 amide bonds. The van der Waals surface area contributed by atoms with Crippen LogP contribution in [0.2, 0.25) is 0 Å². The summed E-state index contributed by atoms with van der Waals surface area (Å²) < 4.78 is 30.0. The molecule has 0 N–H and O–H groups in total. The van der Waals surface area contributed by atoms with Gasteiger partial charge in [-0.2, -0.15) is 0 Å². The molecule has 0 fully saturated rings. The summed E-state index contributed by atoms with van der Waals surface area (Å²) >= 11 is 0. The van der Waals surface area contributed by atoms with E-state index < -0.39 is 5.82 Å². The van der Waals surface area contributed by atoms with Gasteiger partial charge < -0.3 is 13.6 Å². The van der Waals surface area contributed by atoms with Crippen molar-refractivity contribution < 1.29 is 8.81 Å².